The van der Waals surface area contributed by atoms with Crippen LogP contribution in [0, 0.1) is 0 Å². The minimum Gasteiger partial charge on any atom is -0.326 e. The third-order valence-corrected chi connectivity index (χ3v) is 3.50. The van der Waals surface area contributed by atoms with Crippen molar-refractivity contribution in [3.8, 4) is 0 Å². The second kappa shape index (κ2) is 8.13. The SMILES string of the molecule is CCCCc1ccc(C(=O)Nc2ccc(NC(C)=O)cc2)cc1. The van der Waals surface area contributed by atoms with Crippen LogP contribution in [0.5, 0.6) is 0 Å². The minimum atomic E-state index is -0.140. The smallest absolute Gasteiger partial charge is 0.255 e. The Hall–Kier alpha value is -2.62. The lowest BCUT2D eigenvalue weighted by atomic mass is 10.1. The third kappa shape index (κ3) is 5.25. The topological polar surface area (TPSA) is 58.2 Å². The van der Waals surface area contributed by atoms with Gasteiger partial charge in [-0.15, -0.1) is 0 Å². The zero-order valence-corrected chi connectivity index (χ0v) is 13.6. The fraction of sp³-hybridized carbons (Fsp3) is 0.263. The highest BCUT2D eigenvalue weighted by Gasteiger charge is 2.06. The molecular formula is C19H22N2O2. The van der Waals surface area contributed by atoms with Gasteiger partial charge in [0.05, 0.1) is 0 Å². The molecule has 4 nitrogen and oxygen atoms in total. The van der Waals surface area contributed by atoms with Gasteiger partial charge in [-0.2, -0.15) is 0 Å². The lowest BCUT2D eigenvalue weighted by Gasteiger charge is -2.08. The van der Waals surface area contributed by atoms with E-state index in [0.717, 1.165) is 19.3 Å². The lowest BCUT2D eigenvalue weighted by Crippen LogP contribution is -2.12. The van der Waals surface area contributed by atoms with Crippen molar-refractivity contribution in [2.45, 2.75) is 33.1 Å². The molecule has 0 atom stereocenters. The molecule has 0 heterocycles. The van der Waals surface area contributed by atoms with Gasteiger partial charge in [0.15, 0.2) is 0 Å². The monoisotopic (exact) mass is 310 g/mol. The first-order valence-electron chi connectivity index (χ1n) is 7.86. The van der Waals surface area contributed by atoms with Crippen LogP contribution in [0.15, 0.2) is 48.5 Å². The van der Waals surface area contributed by atoms with E-state index >= 15 is 0 Å². The van der Waals surface area contributed by atoms with Crippen molar-refractivity contribution in [3.63, 3.8) is 0 Å². The Morgan fingerprint density at radius 1 is 0.870 bits per heavy atom. The summed E-state index contributed by atoms with van der Waals surface area (Å²) in [5.41, 5.74) is 3.29. The number of benzene rings is 2. The van der Waals surface area contributed by atoms with E-state index in [4.69, 9.17) is 0 Å². The molecule has 4 heteroatoms. The van der Waals surface area contributed by atoms with Crippen LogP contribution in [0.25, 0.3) is 0 Å². The van der Waals surface area contributed by atoms with Crippen LogP contribution in [0.3, 0.4) is 0 Å². The van der Waals surface area contributed by atoms with Crippen LogP contribution in [-0.4, -0.2) is 11.8 Å². The largest absolute Gasteiger partial charge is 0.326 e. The maximum Gasteiger partial charge on any atom is 0.255 e. The summed E-state index contributed by atoms with van der Waals surface area (Å²) in [4.78, 5) is 23.2. The van der Waals surface area contributed by atoms with E-state index < -0.39 is 0 Å². The summed E-state index contributed by atoms with van der Waals surface area (Å²) in [6, 6.07) is 14.8. The number of aryl methyl sites for hydroxylation is 1. The third-order valence-electron chi connectivity index (χ3n) is 3.50. The number of amides is 2. The Bertz CT molecular complexity index is 661. The van der Waals surface area contributed by atoms with Gasteiger partial charge in [0, 0.05) is 23.9 Å². The molecule has 23 heavy (non-hydrogen) atoms. The van der Waals surface area contributed by atoms with Gasteiger partial charge >= 0.3 is 0 Å². The number of hydrogen-bond donors (Lipinski definition) is 2. The summed E-state index contributed by atoms with van der Waals surface area (Å²) in [6.45, 7) is 3.62. The summed E-state index contributed by atoms with van der Waals surface area (Å²) >= 11 is 0. The van der Waals surface area contributed by atoms with Gasteiger partial charge in [-0.05, 0) is 54.8 Å². The highest BCUT2D eigenvalue weighted by molar-refractivity contribution is 6.04. The molecule has 0 unspecified atom stereocenters. The maximum absolute atomic E-state index is 12.2. The van der Waals surface area contributed by atoms with Crippen molar-refractivity contribution in [3.05, 3.63) is 59.7 Å². The zero-order valence-electron chi connectivity index (χ0n) is 13.6. The highest BCUT2D eigenvalue weighted by atomic mass is 16.2. The highest BCUT2D eigenvalue weighted by Crippen LogP contribution is 2.15. The van der Waals surface area contributed by atoms with E-state index in [-0.39, 0.29) is 11.8 Å². The number of carbonyl (C=O) groups is 2. The van der Waals surface area contributed by atoms with Crippen LogP contribution >= 0.6 is 0 Å². The van der Waals surface area contributed by atoms with Gasteiger partial charge in [-0.1, -0.05) is 25.5 Å². The average Bonchev–Trinajstić information content (AvgIpc) is 2.54. The summed E-state index contributed by atoms with van der Waals surface area (Å²) in [6.07, 6.45) is 3.37. The second-order valence-electron chi connectivity index (χ2n) is 5.51. The first kappa shape index (κ1) is 16.7. The number of unbranched alkanes of at least 4 members (excludes halogenated alkanes) is 1. The number of nitrogens with one attached hydrogen (secondary N) is 2. The molecule has 2 rings (SSSR count). The van der Waals surface area contributed by atoms with Gasteiger partial charge in [-0.3, -0.25) is 9.59 Å². The van der Waals surface area contributed by atoms with Crippen LogP contribution in [-0.2, 0) is 11.2 Å². The average molecular weight is 310 g/mol. The van der Waals surface area contributed by atoms with Gasteiger partial charge in [0.25, 0.3) is 5.91 Å². The second-order valence-corrected chi connectivity index (χ2v) is 5.51. The molecule has 2 N–H and O–H groups in total. The molecule has 0 spiro atoms. The summed E-state index contributed by atoms with van der Waals surface area (Å²) in [5.74, 6) is -0.260. The number of rotatable bonds is 6. The predicted octanol–water partition coefficient (Wildman–Crippen LogP) is 4.24. The van der Waals surface area contributed by atoms with Crippen molar-refractivity contribution in [1.29, 1.82) is 0 Å². The molecule has 2 aromatic carbocycles. The van der Waals surface area contributed by atoms with Gasteiger partial charge in [0.1, 0.15) is 0 Å². The van der Waals surface area contributed by atoms with E-state index in [2.05, 4.69) is 17.6 Å². The molecular weight excluding hydrogens is 288 g/mol. The maximum atomic E-state index is 12.2. The first-order chi connectivity index (χ1) is 11.1. The Balaban J connectivity index is 1.96. The Kier molecular flexibility index (Phi) is 5.92. The number of carbonyl (C=O) groups excluding carboxylic acids is 2. The van der Waals surface area contributed by atoms with Gasteiger partial charge in [-0.25, -0.2) is 0 Å². The van der Waals surface area contributed by atoms with E-state index in [1.165, 1.54) is 12.5 Å². The number of hydrogen-bond acceptors (Lipinski definition) is 2. The molecule has 2 aromatic rings. The van der Waals surface area contributed by atoms with Crippen molar-refractivity contribution >= 4 is 23.2 Å². The minimum absolute atomic E-state index is 0.120. The lowest BCUT2D eigenvalue weighted by molar-refractivity contribution is -0.114. The molecule has 0 saturated heterocycles. The molecule has 2 amide bonds. The molecule has 0 fully saturated rings. The zero-order chi connectivity index (χ0) is 16.7. The standard InChI is InChI=1S/C19H22N2O2/c1-3-4-5-15-6-8-16(9-7-15)19(23)21-18-12-10-17(11-13-18)20-14(2)22/h6-13H,3-5H2,1-2H3,(H,20,22)(H,21,23). The molecule has 0 saturated carbocycles. The molecule has 0 aliphatic carbocycles. The first-order valence-corrected chi connectivity index (χ1v) is 7.86. The van der Waals surface area contributed by atoms with Crippen molar-refractivity contribution in [2.75, 3.05) is 10.6 Å². The normalized spacial score (nSPS) is 10.2. The van der Waals surface area contributed by atoms with E-state index in [1.54, 1.807) is 24.3 Å². The Morgan fingerprint density at radius 3 is 1.96 bits per heavy atom. The fourth-order valence-electron chi connectivity index (χ4n) is 2.25. The molecule has 0 radical (unpaired) electrons. The van der Waals surface area contributed by atoms with Crippen LogP contribution in [0.1, 0.15) is 42.6 Å². The summed E-state index contributed by atoms with van der Waals surface area (Å²) < 4.78 is 0. The van der Waals surface area contributed by atoms with Crippen LogP contribution < -0.4 is 10.6 Å². The van der Waals surface area contributed by atoms with Crippen molar-refractivity contribution in [1.82, 2.24) is 0 Å². The number of anilines is 2. The molecule has 0 aromatic heterocycles. The fourth-order valence-corrected chi connectivity index (χ4v) is 2.25. The quantitative estimate of drug-likeness (QED) is 0.838. The van der Waals surface area contributed by atoms with E-state index in [9.17, 15) is 9.59 Å². The van der Waals surface area contributed by atoms with Crippen molar-refractivity contribution < 1.29 is 9.59 Å². The van der Waals surface area contributed by atoms with Gasteiger partial charge < -0.3 is 10.6 Å². The Labute approximate surface area is 136 Å². The van der Waals surface area contributed by atoms with Crippen LogP contribution in [0.2, 0.25) is 0 Å². The Morgan fingerprint density at radius 2 is 1.43 bits per heavy atom. The summed E-state index contributed by atoms with van der Waals surface area (Å²) in [5, 5.41) is 5.54. The molecule has 0 aliphatic heterocycles. The summed E-state index contributed by atoms with van der Waals surface area (Å²) in [7, 11) is 0. The molecule has 0 aliphatic rings. The van der Waals surface area contributed by atoms with Crippen molar-refractivity contribution in [2.24, 2.45) is 0 Å². The van der Waals surface area contributed by atoms with Crippen LogP contribution in [0.4, 0.5) is 11.4 Å². The molecule has 120 valence electrons. The molecule has 0 bridgehead atoms. The van der Waals surface area contributed by atoms with E-state index in [1.807, 2.05) is 24.3 Å². The van der Waals surface area contributed by atoms with Gasteiger partial charge in [0.2, 0.25) is 5.91 Å². The van der Waals surface area contributed by atoms with E-state index in [0.29, 0.717) is 16.9 Å². The predicted molar refractivity (Wildman–Crippen MR) is 93.8 cm³/mol.